The van der Waals surface area contributed by atoms with Crippen LogP contribution in [0.4, 0.5) is 10.1 Å². The Morgan fingerprint density at radius 1 is 1.11 bits per heavy atom. The molecule has 0 aliphatic rings. The molecule has 4 heteroatoms. The third-order valence-electron chi connectivity index (χ3n) is 2.90. The summed E-state index contributed by atoms with van der Waals surface area (Å²) in [5, 5.41) is 12.0. The molecule has 2 rings (SSSR count). The smallest absolute Gasteiger partial charge is 0.256 e. The summed E-state index contributed by atoms with van der Waals surface area (Å²) in [5.74, 6) is -0.679. The molecule has 0 aromatic heterocycles. The zero-order valence-corrected chi connectivity index (χ0v) is 10.7. The molecule has 0 aliphatic carbocycles. The predicted molar refractivity (Wildman–Crippen MR) is 71.9 cm³/mol. The van der Waals surface area contributed by atoms with E-state index in [1.54, 1.807) is 32.0 Å². The lowest BCUT2D eigenvalue weighted by atomic mass is 10.1. The van der Waals surface area contributed by atoms with Crippen molar-refractivity contribution in [2.24, 2.45) is 0 Å². The van der Waals surface area contributed by atoms with Gasteiger partial charge < -0.3 is 10.4 Å². The minimum Gasteiger partial charge on any atom is -0.508 e. The van der Waals surface area contributed by atoms with E-state index in [1.165, 1.54) is 18.2 Å². The third-order valence-corrected chi connectivity index (χ3v) is 2.90. The number of aromatic hydroxyl groups is 1. The number of amides is 1. The number of halogens is 1. The molecule has 0 radical (unpaired) electrons. The van der Waals surface area contributed by atoms with Crippen LogP contribution in [0.1, 0.15) is 21.5 Å². The molecule has 19 heavy (non-hydrogen) atoms. The first kappa shape index (κ1) is 13.1. The number of carbonyl (C=O) groups is 1. The van der Waals surface area contributed by atoms with Gasteiger partial charge in [-0.2, -0.15) is 0 Å². The normalized spacial score (nSPS) is 10.3. The standard InChI is InChI=1S/C15H14FNO2/c1-9-3-4-11(16)8-13(9)15(19)17-14-6-5-12(18)7-10(14)2/h3-8,18H,1-2H3,(H,17,19). The number of benzene rings is 2. The highest BCUT2D eigenvalue weighted by Crippen LogP contribution is 2.21. The van der Waals surface area contributed by atoms with Crippen LogP contribution in [0, 0.1) is 19.7 Å². The summed E-state index contributed by atoms with van der Waals surface area (Å²) < 4.78 is 13.2. The maximum absolute atomic E-state index is 13.2. The van der Waals surface area contributed by atoms with Gasteiger partial charge in [0.05, 0.1) is 0 Å². The number of aryl methyl sites for hydroxylation is 2. The lowest BCUT2D eigenvalue weighted by Crippen LogP contribution is -2.14. The summed E-state index contributed by atoms with van der Waals surface area (Å²) in [6.45, 7) is 3.52. The number of anilines is 1. The summed E-state index contributed by atoms with van der Waals surface area (Å²) in [6.07, 6.45) is 0. The first-order valence-electron chi connectivity index (χ1n) is 5.84. The zero-order chi connectivity index (χ0) is 14.0. The van der Waals surface area contributed by atoms with Gasteiger partial charge in [-0.15, -0.1) is 0 Å². The van der Waals surface area contributed by atoms with Crippen molar-refractivity contribution in [3.05, 3.63) is 58.9 Å². The average molecular weight is 259 g/mol. The van der Waals surface area contributed by atoms with Crippen LogP contribution in [-0.4, -0.2) is 11.0 Å². The van der Waals surface area contributed by atoms with E-state index in [9.17, 15) is 14.3 Å². The van der Waals surface area contributed by atoms with E-state index in [4.69, 9.17) is 0 Å². The van der Waals surface area contributed by atoms with Crippen molar-refractivity contribution < 1.29 is 14.3 Å². The van der Waals surface area contributed by atoms with Gasteiger partial charge in [0.25, 0.3) is 5.91 Å². The Morgan fingerprint density at radius 3 is 2.53 bits per heavy atom. The van der Waals surface area contributed by atoms with Crippen LogP contribution in [0.15, 0.2) is 36.4 Å². The van der Waals surface area contributed by atoms with Gasteiger partial charge in [-0.3, -0.25) is 4.79 Å². The Balaban J connectivity index is 2.28. The molecule has 2 aromatic rings. The second kappa shape index (κ2) is 5.10. The molecule has 0 fully saturated rings. The van der Waals surface area contributed by atoms with Crippen LogP contribution in [0.3, 0.4) is 0 Å². The lowest BCUT2D eigenvalue weighted by molar-refractivity contribution is 0.102. The summed E-state index contributed by atoms with van der Waals surface area (Å²) in [7, 11) is 0. The molecule has 0 saturated carbocycles. The topological polar surface area (TPSA) is 49.3 Å². The Bertz CT molecular complexity index is 638. The van der Waals surface area contributed by atoms with Crippen LogP contribution in [0.5, 0.6) is 5.75 Å². The van der Waals surface area contributed by atoms with E-state index < -0.39 is 5.82 Å². The molecular formula is C15H14FNO2. The molecule has 0 atom stereocenters. The van der Waals surface area contributed by atoms with Crippen molar-refractivity contribution >= 4 is 11.6 Å². The maximum Gasteiger partial charge on any atom is 0.256 e. The Labute approximate surface area is 110 Å². The van der Waals surface area contributed by atoms with Gasteiger partial charge in [-0.05, 0) is 55.3 Å². The highest BCUT2D eigenvalue weighted by molar-refractivity contribution is 6.05. The van der Waals surface area contributed by atoms with E-state index in [0.717, 1.165) is 5.56 Å². The molecule has 0 spiro atoms. The van der Waals surface area contributed by atoms with Crippen molar-refractivity contribution in [1.29, 1.82) is 0 Å². The molecule has 3 nitrogen and oxygen atoms in total. The third kappa shape index (κ3) is 2.91. The van der Waals surface area contributed by atoms with Crippen molar-refractivity contribution in [2.45, 2.75) is 13.8 Å². The Morgan fingerprint density at radius 2 is 1.84 bits per heavy atom. The van der Waals surface area contributed by atoms with Crippen molar-refractivity contribution in [3.63, 3.8) is 0 Å². The number of rotatable bonds is 2. The average Bonchev–Trinajstić information content (AvgIpc) is 2.35. The summed E-state index contributed by atoms with van der Waals surface area (Å²) in [5.41, 5.74) is 2.33. The van der Waals surface area contributed by atoms with E-state index in [1.807, 2.05) is 0 Å². The SMILES string of the molecule is Cc1cc(O)ccc1NC(=O)c1cc(F)ccc1C. The number of phenols is 1. The molecule has 98 valence electrons. The van der Waals surface area contributed by atoms with E-state index in [0.29, 0.717) is 16.8 Å². The van der Waals surface area contributed by atoms with Crippen LogP contribution in [-0.2, 0) is 0 Å². The van der Waals surface area contributed by atoms with Gasteiger partial charge in [0, 0.05) is 11.3 Å². The first-order valence-corrected chi connectivity index (χ1v) is 5.84. The van der Waals surface area contributed by atoms with E-state index in [-0.39, 0.29) is 11.7 Å². The van der Waals surface area contributed by atoms with Crippen LogP contribution in [0.2, 0.25) is 0 Å². The van der Waals surface area contributed by atoms with Gasteiger partial charge in [0.1, 0.15) is 11.6 Å². The summed E-state index contributed by atoms with van der Waals surface area (Å²) in [4.78, 5) is 12.1. The highest BCUT2D eigenvalue weighted by atomic mass is 19.1. The highest BCUT2D eigenvalue weighted by Gasteiger charge is 2.11. The molecule has 0 saturated heterocycles. The number of nitrogens with one attached hydrogen (secondary N) is 1. The lowest BCUT2D eigenvalue weighted by Gasteiger charge is -2.10. The maximum atomic E-state index is 13.2. The molecular weight excluding hydrogens is 245 g/mol. The molecule has 2 aromatic carbocycles. The molecule has 0 bridgehead atoms. The fourth-order valence-corrected chi connectivity index (χ4v) is 1.82. The molecule has 0 unspecified atom stereocenters. The number of carbonyl (C=O) groups excluding carboxylic acids is 1. The summed E-state index contributed by atoms with van der Waals surface area (Å²) in [6, 6.07) is 8.73. The van der Waals surface area contributed by atoms with Crippen LogP contribution in [0.25, 0.3) is 0 Å². The van der Waals surface area contributed by atoms with Crippen LogP contribution < -0.4 is 5.32 Å². The largest absolute Gasteiger partial charge is 0.508 e. The second-order valence-electron chi connectivity index (χ2n) is 4.41. The van der Waals surface area contributed by atoms with Crippen molar-refractivity contribution in [1.82, 2.24) is 0 Å². The molecule has 0 aliphatic heterocycles. The minimum absolute atomic E-state index is 0.137. The first-order chi connectivity index (χ1) is 8.97. The van der Waals surface area contributed by atoms with Crippen LogP contribution >= 0.6 is 0 Å². The van der Waals surface area contributed by atoms with Gasteiger partial charge in [-0.1, -0.05) is 6.07 Å². The van der Waals surface area contributed by atoms with Crippen molar-refractivity contribution in [2.75, 3.05) is 5.32 Å². The number of hydrogen-bond acceptors (Lipinski definition) is 2. The van der Waals surface area contributed by atoms with Gasteiger partial charge in [0.2, 0.25) is 0 Å². The fraction of sp³-hybridized carbons (Fsp3) is 0.133. The molecule has 1 amide bonds. The minimum atomic E-state index is -0.446. The fourth-order valence-electron chi connectivity index (χ4n) is 1.82. The predicted octanol–water partition coefficient (Wildman–Crippen LogP) is 3.40. The number of hydrogen-bond donors (Lipinski definition) is 2. The zero-order valence-electron chi connectivity index (χ0n) is 10.7. The van der Waals surface area contributed by atoms with E-state index in [2.05, 4.69) is 5.32 Å². The van der Waals surface area contributed by atoms with Gasteiger partial charge in [-0.25, -0.2) is 4.39 Å². The quantitative estimate of drug-likeness (QED) is 0.812. The second-order valence-corrected chi connectivity index (χ2v) is 4.41. The molecule has 0 heterocycles. The molecule has 2 N–H and O–H groups in total. The number of phenolic OH excluding ortho intramolecular Hbond substituents is 1. The summed E-state index contributed by atoms with van der Waals surface area (Å²) >= 11 is 0. The van der Waals surface area contributed by atoms with Crippen molar-refractivity contribution in [3.8, 4) is 5.75 Å². The van der Waals surface area contributed by atoms with Gasteiger partial charge >= 0.3 is 0 Å². The Hall–Kier alpha value is -2.36. The van der Waals surface area contributed by atoms with E-state index >= 15 is 0 Å². The van der Waals surface area contributed by atoms with Gasteiger partial charge in [0.15, 0.2) is 0 Å². The monoisotopic (exact) mass is 259 g/mol. The Kier molecular flexibility index (Phi) is 3.51.